The SMILES string of the molecule is O=C(Nc1ccc([C@@H]2O[C@H](CSc3ncccc3C(=O)O)C[C@H](c3ccc(CO)cc3)O2)cc1)c1cnc2ccccc2n1. The Morgan fingerprint density at radius 3 is 2.39 bits per heavy atom. The lowest BCUT2D eigenvalue weighted by Crippen LogP contribution is -2.31. The van der Waals surface area contributed by atoms with Crippen LogP contribution in [0.1, 0.15) is 56.4 Å². The van der Waals surface area contributed by atoms with E-state index in [1.54, 1.807) is 30.5 Å². The Morgan fingerprint density at radius 2 is 1.64 bits per heavy atom. The van der Waals surface area contributed by atoms with Gasteiger partial charge in [0.2, 0.25) is 0 Å². The third kappa shape index (κ3) is 6.76. The topological polar surface area (TPSA) is 144 Å². The molecule has 0 radical (unpaired) electrons. The third-order valence-electron chi connectivity index (χ3n) is 7.14. The van der Waals surface area contributed by atoms with Gasteiger partial charge in [0.25, 0.3) is 5.91 Å². The lowest BCUT2D eigenvalue weighted by molar-refractivity contribution is -0.245. The molecule has 44 heavy (non-hydrogen) atoms. The second-order valence-corrected chi connectivity index (χ2v) is 11.2. The maximum atomic E-state index is 12.9. The average Bonchev–Trinajstić information content (AvgIpc) is 3.07. The highest BCUT2D eigenvalue weighted by molar-refractivity contribution is 7.99. The summed E-state index contributed by atoms with van der Waals surface area (Å²) in [7, 11) is 0. The van der Waals surface area contributed by atoms with E-state index in [0.717, 1.165) is 16.7 Å². The highest BCUT2D eigenvalue weighted by Crippen LogP contribution is 2.39. The molecule has 11 heteroatoms. The highest BCUT2D eigenvalue weighted by Gasteiger charge is 2.32. The van der Waals surface area contributed by atoms with E-state index in [9.17, 15) is 19.8 Å². The summed E-state index contributed by atoms with van der Waals surface area (Å²) in [6.07, 6.45) is 2.26. The molecule has 5 aromatic rings. The van der Waals surface area contributed by atoms with Gasteiger partial charge in [-0.1, -0.05) is 48.5 Å². The number of rotatable bonds is 9. The van der Waals surface area contributed by atoms with Gasteiger partial charge in [0.1, 0.15) is 10.7 Å². The largest absolute Gasteiger partial charge is 0.478 e. The number of hydrogen-bond donors (Lipinski definition) is 3. The minimum Gasteiger partial charge on any atom is -0.478 e. The van der Waals surface area contributed by atoms with E-state index in [2.05, 4.69) is 20.3 Å². The molecule has 1 amide bonds. The van der Waals surface area contributed by atoms with E-state index >= 15 is 0 Å². The molecule has 0 saturated carbocycles. The number of hydrogen-bond acceptors (Lipinski definition) is 9. The molecular formula is C33H28N4O6S. The summed E-state index contributed by atoms with van der Waals surface area (Å²) >= 11 is 1.33. The maximum Gasteiger partial charge on any atom is 0.338 e. The van der Waals surface area contributed by atoms with Gasteiger partial charge in [-0.3, -0.25) is 9.78 Å². The first kappa shape index (κ1) is 29.4. The Kier molecular flexibility index (Phi) is 8.89. The summed E-state index contributed by atoms with van der Waals surface area (Å²) in [5.74, 6) is -0.948. The van der Waals surface area contributed by atoms with Crippen molar-refractivity contribution in [2.24, 2.45) is 0 Å². The number of thioether (sulfide) groups is 1. The van der Waals surface area contributed by atoms with Crippen LogP contribution in [0.3, 0.4) is 0 Å². The summed E-state index contributed by atoms with van der Waals surface area (Å²) in [5, 5.41) is 22.3. The average molecular weight is 609 g/mol. The molecule has 0 spiro atoms. The molecule has 3 N–H and O–H groups in total. The summed E-state index contributed by atoms with van der Waals surface area (Å²) in [6.45, 7) is -0.0525. The molecule has 222 valence electrons. The summed E-state index contributed by atoms with van der Waals surface area (Å²) in [4.78, 5) is 37.5. The number of benzene rings is 3. The lowest BCUT2D eigenvalue weighted by Gasteiger charge is -2.36. The number of fused-ring (bicyclic) bond motifs is 1. The predicted octanol–water partition coefficient (Wildman–Crippen LogP) is 5.81. The van der Waals surface area contributed by atoms with Crippen LogP contribution in [0.2, 0.25) is 0 Å². The molecule has 2 aromatic heterocycles. The zero-order valence-corrected chi connectivity index (χ0v) is 24.2. The standard InChI is InChI=1S/C33H28N4O6S/c38-18-20-7-9-21(10-8-20)29-16-24(19-44-31-25(32(40)41)4-3-15-34-31)42-33(43-29)22-11-13-23(14-12-22)36-30(39)28-17-35-26-5-1-2-6-27(26)37-28/h1-15,17,24,29,33,38H,16,18-19H2,(H,36,39)(H,40,41)/t24-,29+,33+/m0/s1. The minimum absolute atomic E-state index is 0.0525. The van der Waals surface area contributed by atoms with E-state index in [4.69, 9.17) is 9.47 Å². The number of ether oxygens (including phenoxy) is 2. The maximum absolute atomic E-state index is 12.9. The van der Waals surface area contributed by atoms with Crippen molar-refractivity contribution in [2.45, 2.75) is 36.6 Å². The van der Waals surface area contributed by atoms with Crippen LogP contribution < -0.4 is 5.32 Å². The molecule has 1 saturated heterocycles. The number of carbonyl (C=O) groups is 2. The van der Waals surface area contributed by atoms with Gasteiger partial charge in [-0.25, -0.2) is 14.8 Å². The number of anilines is 1. The molecule has 3 heterocycles. The van der Waals surface area contributed by atoms with Crippen LogP contribution in [0.4, 0.5) is 5.69 Å². The number of para-hydroxylation sites is 2. The number of nitrogens with one attached hydrogen (secondary N) is 1. The van der Waals surface area contributed by atoms with Gasteiger partial charge in [0.05, 0.1) is 41.6 Å². The molecule has 1 fully saturated rings. The fourth-order valence-corrected chi connectivity index (χ4v) is 5.85. The molecule has 3 aromatic carbocycles. The molecule has 0 aliphatic carbocycles. The highest BCUT2D eigenvalue weighted by atomic mass is 32.2. The summed E-state index contributed by atoms with van der Waals surface area (Å²) in [6, 6.07) is 25.2. The van der Waals surface area contributed by atoms with Crippen molar-refractivity contribution in [2.75, 3.05) is 11.1 Å². The van der Waals surface area contributed by atoms with E-state index in [1.165, 1.54) is 24.0 Å². The third-order valence-corrected chi connectivity index (χ3v) is 8.28. The molecule has 0 unspecified atom stereocenters. The number of aliphatic hydroxyl groups excluding tert-OH is 1. The summed E-state index contributed by atoms with van der Waals surface area (Å²) in [5.41, 5.74) is 4.77. The van der Waals surface area contributed by atoms with Gasteiger partial charge in [-0.15, -0.1) is 11.8 Å². The molecule has 10 nitrogen and oxygen atoms in total. The molecule has 1 aliphatic heterocycles. The number of amides is 1. The van der Waals surface area contributed by atoms with Gasteiger partial charge in [-0.05, 0) is 47.5 Å². The summed E-state index contributed by atoms with van der Waals surface area (Å²) < 4.78 is 12.8. The molecular weight excluding hydrogens is 580 g/mol. The van der Waals surface area contributed by atoms with Crippen LogP contribution in [0, 0.1) is 0 Å². The van der Waals surface area contributed by atoms with Gasteiger partial charge in [0, 0.05) is 29.6 Å². The van der Waals surface area contributed by atoms with Crippen LogP contribution in [-0.4, -0.2) is 48.9 Å². The second-order valence-electron chi connectivity index (χ2n) is 10.1. The van der Waals surface area contributed by atoms with E-state index in [1.807, 2.05) is 54.6 Å². The molecule has 6 rings (SSSR count). The zero-order valence-electron chi connectivity index (χ0n) is 23.4. The van der Waals surface area contributed by atoms with Crippen molar-refractivity contribution < 1.29 is 29.3 Å². The number of carboxylic acid groups (broad SMARTS) is 1. The molecule has 1 aliphatic rings. The lowest BCUT2D eigenvalue weighted by atomic mass is 10.0. The monoisotopic (exact) mass is 608 g/mol. The van der Waals surface area contributed by atoms with Crippen LogP contribution in [0.25, 0.3) is 11.0 Å². The number of nitrogens with zero attached hydrogens (tertiary/aromatic N) is 3. The van der Waals surface area contributed by atoms with Crippen molar-refractivity contribution in [3.8, 4) is 0 Å². The first-order valence-corrected chi connectivity index (χ1v) is 14.9. The predicted molar refractivity (Wildman–Crippen MR) is 164 cm³/mol. The number of aliphatic hydroxyl groups is 1. The minimum atomic E-state index is -1.03. The molecule has 0 bridgehead atoms. The van der Waals surface area contributed by atoms with Crippen LogP contribution >= 0.6 is 11.8 Å². The van der Waals surface area contributed by atoms with Gasteiger partial charge in [0.15, 0.2) is 6.29 Å². The fraction of sp³-hybridized carbons (Fsp3) is 0.182. The first-order chi connectivity index (χ1) is 21.5. The second kappa shape index (κ2) is 13.3. The van der Waals surface area contributed by atoms with E-state index in [-0.39, 0.29) is 36.0 Å². The zero-order chi connectivity index (χ0) is 30.5. The van der Waals surface area contributed by atoms with Gasteiger partial charge >= 0.3 is 5.97 Å². The Bertz CT molecular complexity index is 1780. The smallest absolute Gasteiger partial charge is 0.338 e. The van der Waals surface area contributed by atoms with Gasteiger partial charge in [-0.2, -0.15) is 0 Å². The number of aromatic nitrogens is 3. The van der Waals surface area contributed by atoms with Crippen LogP contribution in [0.15, 0.2) is 102 Å². The first-order valence-electron chi connectivity index (χ1n) is 13.9. The van der Waals surface area contributed by atoms with Crippen molar-refractivity contribution in [1.29, 1.82) is 0 Å². The van der Waals surface area contributed by atoms with Crippen molar-refractivity contribution in [1.82, 2.24) is 15.0 Å². The Morgan fingerprint density at radius 1 is 0.886 bits per heavy atom. The Hall–Kier alpha value is -4.68. The van der Waals surface area contributed by atoms with E-state index in [0.29, 0.717) is 33.9 Å². The van der Waals surface area contributed by atoms with Crippen molar-refractivity contribution in [3.05, 3.63) is 125 Å². The fourth-order valence-electron chi connectivity index (χ4n) is 4.85. The number of aromatic carboxylic acids is 1. The number of carbonyl (C=O) groups excluding carboxylic acids is 1. The van der Waals surface area contributed by atoms with Gasteiger partial charge < -0.3 is 25.0 Å². The van der Waals surface area contributed by atoms with Crippen molar-refractivity contribution in [3.63, 3.8) is 0 Å². The van der Waals surface area contributed by atoms with Crippen LogP contribution in [-0.2, 0) is 16.1 Å². The number of pyridine rings is 1. The quantitative estimate of drug-likeness (QED) is 0.176. The molecule has 3 atom stereocenters. The van der Waals surface area contributed by atoms with E-state index < -0.39 is 12.3 Å². The Labute approximate surface area is 257 Å². The normalized spacial score (nSPS) is 18.2. The van der Waals surface area contributed by atoms with Crippen molar-refractivity contribution >= 4 is 40.4 Å². The Balaban J connectivity index is 1.18. The van der Waals surface area contributed by atoms with Crippen LogP contribution in [0.5, 0.6) is 0 Å². The number of carboxylic acids is 1.